The van der Waals surface area contributed by atoms with Crippen LogP contribution >= 0.6 is 23.1 Å². The van der Waals surface area contributed by atoms with Crippen molar-refractivity contribution >= 4 is 40.0 Å². The van der Waals surface area contributed by atoms with Crippen molar-refractivity contribution < 1.29 is 14.3 Å². The number of hydrogen-bond donors (Lipinski definition) is 2. The molecule has 0 saturated carbocycles. The molecule has 0 fully saturated rings. The number of amides is 1. The molecule has 0 radical (unpaired) electrons. The van der Waals surface area contributed by atoms with Gasteiger partial charge < -0.3 is 15.8 Å². The average Bonchev–Trinajstić information content (AvgIpc) is 2.73. The molecule has 0 saturated heterocycles. The van der Waals surface area contributed by atoms with Gasteiger partial charge in [-0.3, -0.25) is 9.59 Å². The second kappa shape index (κ2) is 7.65. The van der Waals surface area contributed by atoms with Gasteiger partial charge in [0.25, 0.3) is 5.91 Å². The summed E-state index contributed by atoms with van der Waals surface area (Å²) in [5.74, 6) is -0.581. The fourth-order valence-electron chi connectivity index (χ4n) is 1.47. The van der Waals surface area contributed by atoms with Gasteiger partial charge in [0.05, 0.1) is 0 Å². The number of thioether (sulfide) groups is 1. The first-order valence-corrected chi connectivity index (χ1v) is 8.57. The number of aromatic nitrogens is 1. The maximum Gasteiger partial charge on any atom is 0.306 e. The van der Waals surface area contributed by atoms with E-state index in [1.165, 1.54) is 23.1 Å². The van der Waals surface area contributed by atoms with Crippen molar-refractivity contribution in [3.63, 3.8) is 0 Å². The smallest absolute Gasteiger partial charge is 0.306 e. The lowest BCUT2D eigenvalue weighted by Gasteiger charge is -2.19. The number of nitrogens with zero attached hydrogens (tertiary/aromatic N) is 1. The minimum atomic E-state index is -0.483. The molecule has 118 valence electrons. The number of carbonyl (C=O) groups is 2. The summed E-state index contributed by atoms with van der Waals surface area (Å²) in [6.07, 6.45) is 2.65. The van der Waals surface area contributed by atoms with Gasteiger partial charge >= 0.3 is 5.97 Å². The minimum absolute atomic E-state index is 0.251. The van der Waals surface area contributed by atoms with Crippen molar-refractivity contribution in [3.8, 4) is 0 Å². The number of anilines is 1. The molecule has 1 aromatic rings. The summed E-state index contributed by atoms with van der Waals surface area (Å²) in [6, 6.07) is 0. The lowest BCUT2D eigenvalue weighted by Crippen LogP contribution is -2.27. The van der Waals surface area contributed by atoms with E-state index in [0.29, 0.717) is 18.0 Å². The summed E-state index contributed by atoms with van der Waals surface area (Å²) < 4.78 is 5.94. The molecule has 1 rings (SSSR count). The second-order valence-electron chi connectivity index (χ2n) is 5.34. The molecule has 1 aromatic heterocycles. The summed E-state index contributed by atoms with van der Waals surface area (Å²) in [4.78, 5) is 27.5. The van der Waals surface area contributed by atoms with E-state index < -0.39 is 5.60 Å². The lowest BCUT2D eigenvalue weighted by molar-refractivity contribution is -0.154. The van der Waals surface area contributed by atoms with Crippen molar-refractivity contribution in [2.24, 2.45) is 0 Å². The summed E-state index contributed by atoms with van der Waals surface area (Å²) in [5.41, 5.74) is 5.52. The third-order valence-electron chi connectivity index (χ3n) is 2.29. The number of nitrogens with one attached hydrogen (secondary N) is 1. The van der Waals surface area contributed by atoms with Gasteiger partial charge in [0.1, 0.15) is 10.6 Å². The molecule has 0 unspecified atom stereocenters. The standard InChI is InChI=1S/C13H21N3O3S2/c1-13(2,3)19-8(17)6-5-7-15-11(18)9-10(14)21-12(16-9)20-4/h5-7,14H2,1-4H3,(H,15,18). The first kappa shape index (κ1) is 17.8. The fraction of sp³-hybridized carbons (Fsp3) is 0.615. The lowest BCUT2D eigenvalue weighted by atomic mass is 10.2. The number of carbonyl (C=O) groups excluding carboxylic acids is 2. The van der Waals surface area contributed by atoms with E-state index in [-0.39, 0.29) is 24.0 Å². The quantitative estimate of drug-likeness (QED) is 0.472. The van der Waals surface area contributed by atoms with E-state index >= 15 is 0 Å². The number of thiazole rings is 1. The predicted molar refractivity (Wildman–Crippen MR) is 85.7 cm³/mol. The number of rotatable bonds is 6. The molecule has 0 aliphatic heterocycles. The maximum absolute atomic E-state index is 11.9. The van der Waals surface area contributed by atoms with E-state index in [1.807, 2.05) is 27.0 Å². The van der Waals surface area contributed by atoms with Gasteiger partial charge in [-0.25, -0.2) is 4.98 Å². The van der Waals surface area contributed by atoms with Gasteiger partial charge in [0.15, 0.2) is 10.0 Å². The molecule has 0 atom stereocenters. The molecule has 8 heteroatoms. The molecular weight excluding hydrogens is 310 g/mol. The molecule has 0 bridgehead atoms. The Kier molecular flexibility index (Phi) is 6.47. The van der Waals surface area contributed by atoms with Gasteiger partial charge in [-0.1, -0.05) is 23.1 Å². The summed E-state index contributed by atoms with van der Waals surface area (Å²) in [6.45, 7) is 5.84. The van der Waals surface area contributed by atoms with Crippen LogP contribution in [0, 0.1) is 0 Å². The number of nitrogens with two attached hydrogens (primary N) is 1. The first-order valence-electron chi connectivity index (χ1n) is 6.53. The molecule has 0 spiro atoms. The number of nitrogen functional groups attached to an aromatic ring is 1. The van der Waals surface area contributed by atoms with E-state index in [9.17, 15) is 9.59 Å². The molecule has 0 aliphatic rings. The molecule has 6 nitrogen and oxygen atoms in total. The van der Waals surface area contributed by atoms with Crippen LogP contribution in [0.25, 0.3) is 0 Å². The molecule has 0 aromatic carbocycles. The van der Waals surface area contributed by atoms with E-state index in [1.54, 1.807) is 0 Å². The third kappa shape index (κ3) is 6.34. The van der Waals surface area contributed by atoms with Crippen molar-refractivity contribution in [1.82, 2.24) is 10.3 Å². The van der Waals surface area contributed by atoms with Crippen molar-refractivity contribution in [2.45, 2.75) is 43.6 Å². The molecule has 1 heterocycles. The Morgan fingerprint density at radius 2 is 2.10 bits per heavy atom. The zero-order chi connectivity index (χ0) is 16.0. The maximum atomic E-state index is 11.9. The molecule has 0 aliphatic carbocycles. The van der Waals surface area contributed by atoms with Gasteiger partial charge in [0.2, 0.25) is 0 Å². The SMILES string of the molecule is CSc1nc(C(=O)NCCCC(=O)OC(C)(C)C)c(N)s1. The number of esters is 1. The van der Waals surface area contributed by atoms with Crippen LogP contribution in [-0.4, -0.2) is 35.3 Å². The van der Waals surface area contributed by atoms with Gasteiger partial charge in [-0.05, 0) is 33.4 Å². The van der Waals surface area contributed by atoms with E-state index in [2.05, 4.69) is 10.3 Å². The van der Waals surface area contributed by atoms with Crippen LogP contribution in [0.15, 0.2) is 4.34 Å². The highest BCUT2D eigenvalue weighted by molar-refractivity contribution is 8.00. The Bertz CT molecular complexity index is 509. The van der Waals surface area contributed by atoms with E-state index in [4.69, 9.17) is 10.5 Å². The first-order chi connectivity index (χ1) is 9.73. The topological polar surface area (TPSA) is 94.3 Å². The molecule has 1 amide bonds. The Hall–Kier alpha value is -1.28. The van der Waals surface area contributed by atoms with Crippen LogP contribution in [0.2, 0.25) is 0 Å². The highest BCUT2D eigenvalue weighted by atomic mass is 32.2. The van der Waals surface area contributed by atoms with Crippen molar-refractivity contribution in [1.29, 1.82) is 0 Å². The highest BCUT2D eigenvalue weighted by Gasteiger charge is 2.17. The van der Waals surface area contributed by atoms with Crippen LogP contribution in [0.1, 0.15) is 44.1 Å². The minimum Gasteiger partial charge on any atom is -0.460 e. The van der Waals surface area contributed by atoms with Crippen molar-refractivity contribution in [2.75, 3.05) is 18.5 Å². The zero-order valence-electron chi connectivity index (χ0n) is 12.7. The summed E-state index contributed by atoms with van der Waals surface area (Å²) >= 11 is 2.73. The number of ether oxygens (including phenoxy) is 1. The third-order valence-corrected chi connectivity index (χ3v) is 4.16. The summed E-state index contributed by atoms with van der Waals surface area (Å²) in [7, 11) is 0. The predicted octanol–water partition coefficient (Wildman–Crippen LogP) is 2.30. The van der Waals surface area contributed by atoms with Crippen molar-refractivity contribution in [3.05, 3.63) is 5.69 Å². The Morgan fingerprint density at radius 3 is 2.62 bits per heavy atom. The van der Waals surface area contributed by atoms with Crippen LogP contribution < -0.4 is 11.1 Å². The van der Waals surface area contributed by atoms with Gasteiger partial charge in [-0.15, -0.1) is 0 Å². The number of hydrogen-bond acceptors (Lipinski definition) is 7. The van der Waals surface area contributed by atoms with Gasteiger partial charge in [0, 0.05) is 13.0 Å². The normalized spacial score (nSPS) is 11.2. The highest BCUT2D eigenvalue weighted by Crippen LogP contribution is 2.27. The monoisotopic (exact) mass is 331 g/mol. The zero-order valence-corrected chi connectivity index (χ0v) is 14.3. The molecular formula is C13H21N3O3S2. The average molecular weight is 331 g/mol. The molecule has 21 heavy (non-hydrogen) atoms. The van der Waals surface area contributed by atoms with Crippen LogP contribution in [-0.2, 0) is 9.53 Å². The summed E-state index contributed by atoms with van der Waals surface area (Å²) in [5, 5.41) is 3.11. The van der Waals surface area contributed by atoms with E-state index in [0.717, 1.165) is 4.34 Å². The van der Waals surface area contributed by atoms with Crippen LogP contribution in [0.3, 0.4) is 0 Å². The Balaban J connectivity index is 2.34. The largest absolute Gasteiger partial charge is 0.460 e. The van der Waals surface area contributed by atoms with Crippen LogP contribution in [0.5, 0.6) is 0 Å². The van der Waals surface area contributed by atoms with Crippen LogP contribution in [0.4, 0.5) is 5.00 Å². The van der Waals surface area contributed by atoms with Gasteiger partial charge in [-0.2, -0.15) is 0 Å². The second-order valence-corrected chi connectivity index (χ2v) is 7.43. The Labute approximate surface area is 132 Å². The fourth-order valence-corrected chi connectivity index (χ4v) is 2.82. The Morgan fingerprint density at radius 1 is 1.43 bits per heavy atom. The molecule has 3 N–H and O–H groups in total.